The van der Waals surface area contributed by atoms with Crippen LogP contribution in [-0.2, 0) is 13.9 Å². The summed E-state index contributed by atoms with van der Waals surface area (Å²) in [6, 6.07) is 9.91. The molecule has 5 heteroatoms. The summed E-state index contributed by atoms with van der Waals surface area (Å²) in [6.45, 7) is 5.63. The normalized spacial score (nSPS) is 30.3. The molecule has 4 nitrogen and oxygen atoms in total. The van der Waals surface area contributed by atoms with Gasteiger partial charge in [0.2, 0.25) is 5.30 Å². The minimum absolute atomic E-state index is 0.147. The van der Waals surface area contributed by atoms with Gasteiger partial charge in [0.05, 0.1) is 5.92 Å². The summed E-state index contributed by atoms with van der Waals surface area (Å²) in [7, 11) is 0.194. The first-order chi connectivity index (χ1) is 11.1. The first-order valence-corrected chi connectivity index (χ1v) is 9.67. The lowest BCUT2D eigenvalue weighted by atomic mass is 9.85. The van der Waals surface area contributed by atoms with Gasteiger partial charge in [0.1, 0.15) is 11.9 Å². The van der Waals surface area contributed by atoms with Gasteiger partial charge in [-0.1, -0.05) is 32.0 Å². The molecule has 23 heavy (non-hydrogen) atoms. The topological polar surface area (TPSA) is 46.6 Å². The van der Waals surface area contributed by atoms with E-state index in [1.165, 1.54) is 0 Å². The zero-order chi connectivity index (χ0) is 17.0. The number of piperidine rings is 1. The molecule has 3 unspecified atom stereocenters. The average molecular weight is 338 g/mol. The van der Waals surface area contributed by atoms with E-state index < -0.39 is 8.03 Å². The van der Waals surface area contributed by atoms with Crippen LogP contribution in [0.3, 0.4) is 0 Å². The fourth-order valence-corrected chi connectivity index (χ4v) is 4.80. The summed E-state index contributed by atoms with van der Waals surface area (Å²) >= 11 is 0. The van der Waals surface area contributed by atoms with E-state index in [9.17, 15) is 9.36 Å². The lowest BCUT2D eigenvalue weighted by Gasteiger charge is -2.39. The van der Waals surface area contributed by atoms with Crippen molar-refractivity contribution in [3.8, 4) is 0 Å². The molecule has 5 atom stereocenters. The summed E-state index contributed by atoms with van der Waals surface area (Å²) in [4.78, 5) is 14.4. The molecule has 2 bridgehead atoms. The number of carbonyl (C=O) groups is 1. The van der Waals surface area contributed by atoms with Gasteiger partial charge in [0.25, 0.3) is 0 Å². The molecule has 2 aliphatic heterocycles. The highest BCUT2D eigenvalue weighted by Crippen LogP contribution is 2.42. The Morgan fingerprint density at radius 3 is 2.52 bits per heavy atom. The van der Waals surface area contributed by atoms with E-state index in [1.54, 1.807) is 6.92 Å². The Bertz CT molecular complexity index is 548. The van der Waals surface area contributed by atoms with Crippen molar-refractivity contribution in [3.63, 3.8) is 0 Å². The van der Waals surface area contributed by atoms with Crippen LogP contribution < -0.4 is 5.30 Å². The Hall–Kier alpha value is -1.09. The number of benzene rings is 1. The molecule has 0 radical (unpaired) electrons. The molecule has 0 N–H and O–H groups in total. The monoisotopic (exact) mass is 338 g/mol. The van der Waals surface area contributed by atoms with E-state index in [0.29, 0.717) is 11.3 Å². The fourth-order valence-electron chi connectivity index (χ4n) is 3.80. The second kappa shape index (κ2) is 8.14. The van der Waals surface area contributed by atoms with Crippen molar-refractivity contribution >= 4 is 19.1 Å². The highest BCUT2D eigenvalue weighted by Gasteiger charge is 2.50. The van der Waals surface area contributed by atoms with Crippen LogP contribution in [-0.4, -0.2) is 35.9 Å². The molecule has 1 aromatic carbocycles. The Balaban J connectivity index is 0.000000924. The second-order valence-corrected chi connectivity index (χ2v) is 7.31. The Morgan fingerprint density at radius 2 is 1.91 bits per heavy atom. The van der Waals surface area contributed by atoms with E-state index >= 15 is 0 Å². The maximum Gasteiger partial charge on any atom is 0.549 e. The lowest BCUT2D eigenvalue weighted by Crippen LogP contribution is -2.51. The van der Waals surface area contributed by atoms with Crippen LogP contribution in [0.5, 0.6) is 0 Å². The summed E-state index contributed by atoms with van der Waals surface area (Å²) in [6.07, 6.45) is 2.71. The zero-order valence-electron chi connectivity index (χ0n) is 14.4. The molecule has 2 fully saturated rings. The largest absolute Gasteiger partial charge is 0.549 e. The van der Waals surface area contributed by atoms with Crippen LogP contribution in [0, 0.1) is 5.92 Å². The number of Topliss-reactive ketones (excluding diaryl/α,β-unsaturated/α-hetero) is 1. The van der Waals surface area contributed by atoms with Crippen LogP contribution in [0.2, 0.25) is 0 Å². The number of hydrogen-bond donors (Lipinski definition) is 0. The summed E-state index contributed by atoms with van der Waals surface area (Å²) in [5, 5.41) is 0.695. The molecule has 2 heterocycles. The van der Waals surface area contributed by atoms with Gasteiger partial charge < -0.3 is 0 Å². The van der Waals surface area contributed by atoms with E-state index in [-0.39, 0.29) is 23.8 Å². The average Bonchev–Trinajstić information content (AvgIpc) is 2.81. The molecule has 2 saturated heterocycles. The quantitative estimate of drug-likeness (QED) is 0.788. The smallest absolute Gasteiger partial charge is 0.300 e. The molecule has 126 valence electrons. The third-order valence-corrected chi connectivity index (χ3v) is 6.06. The standard InChI is InChI=1S/C16H21NO3P.C2H6/c1-11(18)16-14-9-8-12(17(14)2)10-15(16)20-21(19)13-6-4-3-5-7-13;1-2/h3-7,12,14-16H,8-10H2,1-2H3;1-2H3/q+1;/t12?,14?,15-,16+;/m0./s1/i;1+2. The first-order valence-electron chi connectivity index (χ1n) is 8.49. The van der Waals surface area contributed by atoms with Gasteiger partial charge in [0, 0.05) is 12.1 Å². The molecule has 0 aliphatic carbocycles. The number of hydrogen-bond acceptors (Lipinski definition) is 4. The van der Waals surface area contributed by atoms with Crippen molar-refractivity contribution in [2.75, 3.05) is 7.05 Å². The van der Waals surface area contributed by atoms with Gasteiger partial charge in [-0.25, -0.2) is 0 Å². The first kappa shape index (κ1) is 18.3. The van der Waals surface area contributed by atoms with Crippen molar-refractivity contribution in [2.24, 2.45) is 5.92 Å². The highest BCUT2D eigenvalue weighted by molar-refractivity contribution is 7.48. The third-order valence-electron chi connectivity index (χ3n) is 4.88. The van der Waals surface area contributed by atoms with Crippen LogP contribution in [0.15, 0.2) is 30.3 Å². The molecule has 0 aromatic heterocycles. The van der Waals surface area contributed by atoms with Crippen molar-refractivity contribution in [1.29, 1.82) is 0 Å². The summed E-state index contributed by atoms with van der Waals surface area (Å²) in [5.74, 6) is -0.00919. The van der Waals surface area contributed by atoms with Crippen molar-refractivity contribution < 1.29 is 13.9 Å². The minimum Gasteiger partial charge on any atom is -0.300 e. The predicted octanol–water partition coefficient (Wildman–Crippen LogP) is 3.54. The van der Waals surface area contributed by atoms with Gasteiger partial charge in [-0.05, 0) is 49.9 Å². The third kappa shape index (κ3) is 3.88. The number of fused-ring (bicyclic) bond motifs is 2. The van der Waals surface area contributed by atoms with E-state index in [4.69, 9.17) is 4.52 Å². The lowest BCUT2D eigenvalue weighted by molar-refractivity contribution is -0.128. The van der Waals surface area contributed by atoms with Gasteiger partial charge in [-0.15, -0.1) is 4.52 Å². The van der Waals surface area contributed by atoms with Crippen LogP contribution >= 0.6 is 8.03 Å². The number of rotatable bonds is 4. The minimum atomic E-state index is -1.90. The molecular formula is C18H27NO3P+. The highest BCUT2D eigenvalue weighted by atomic mass is 31.1. The summed E-state index contributed by atoms with van der Waals surface area (Å²) in [5.41, 5.74) is 0. The van der Waals surface area contributed by atoms with Crippen LogP contribution in [0.25, 0.3) is 0 Å². The molecule has 1 aromatic rings. The van der Waals surface area contributed by atoms with Gasteiger partial charge in [-0.2, -0.15) is 0 Å². The van der Waals surface area contributed by atoms with E-state index in [1.807, 2.05) is 44.2 Å². The van der Waals surface area contributed by atoms with E-state index in [0.717, 1.165) is 19.3 Å². The second-order valence-electron chi connectivity index (χ2n) is 6.07. The Morgan fingerprint density at radius 1 is 1.26 bits per heavy atom. The van der Waals surface area contributed by atoms with E-state index in [2.05, 4.69) is 11.9 Å². The summed E-state index contributed by atoms with van der Waals surface area (Å²) < 4.78 is 18.2. The Kier molecular flexibility index (Phi) is 6.46. The molecule has 0 amide bonds. The fraction of sp³-hybridized carbons (Fsp3) is 0.611. The Labute approximate surface area is 140 Å². The number of ketones is 1. The number of carbonyl (C=O) groups excluding carboxylic acids is 1. The van der Waals surface area contributed by atoms with Crippen LogP contribution in [0.4, 0.5) is 0 Å². The molecule has 0 saturated carbocycles. The maximum absolute atomic E-state index is 12.4. The predicted molar refractivity (Wildman–Crippen MR) is 93.3 cm³/mol. The van der Waals surface area contributed by atoms with Gasteiger partial charge in [-0.3, -0.25) is 9.69 Å². The SMILES string of the molecule is CC(=O)[C@@H]1C2CCC(C[C@@H]1O[P+](=O)c1ccccc1)N2C.C[14CH3]. The molecular weight excluding hydrogens is 311 g/mol. The number of nitrogens with zero attached hydrogens (tertiary/aromatic N) is 1. The molecule has 0 spiro atoms. The van der Waals surface area contributed by atoms with Crippen molar-refractivity contribution in [2.45, 2.75) is 58.2 Å². The van der Waals surface area contributed by atoms with Crippen molar-refractivity contribution in [1.82, 2.24) is 4.90 Å². The maximum atomic E-state index is 12.4. The van der Waals surface area contributed by atoms with Crippen molar-refractivity contribution in [3.05, 3.63) is 30.3 Å². The van der Waals surface area contributed by atoms with Crippen LogP contribution in [0.1, 0.15) is 40.0 Å². The van der Waals surface area contributed by atoms with Gasteiger partial charge in [0.15, 0.2) is 0 Å². The zero-order valence-corrected chi connectivity index (χ0v) is 15.3. The molecule has 3 rings (SSSR count). The van der Waals surface area contributed by atoms with Gasteiger partial charge >= 0.3 is 8.03 Å². The molecule has 2 aliphatic rings.